The van der Waals surface area contributed by atoms with Crippen LogP contribution in [0.2, 0.25) is 0 Å². The molecule has 0 atom stereocenters. The molecule has 0 amide bonds. The minimum Gasteiger partial charge on any atom is -0.494 e. The first-order valence-electron chi connectivity index (χ1n) is 24.4. The van der Waals surface area contributed by atoms with Crippen LogP contribution in [0.3, 0.4) is 0 Å². The van der Waals surface area contributed by atoms with Crippen LogP contribution in [0.1, 0.15) is 114 Å². The number of benzene rings is 9. The van der Waals surface area contributed by atoms with E-state index in [0.29, 0.717) is 13.2 Å². The molecule has 4 aliphatic rings. The van der Waals surface area contributed by atoms with Crippen molar-refractivity contribution >= 4 is 64.6 Å². The van der Waals surface area contributed by atoms with Crippen molar-refractivity contribution in [2.45, 2.75) is 116 Å². The van der Waals surface area contributed by atoms with Gasteiger partial charge in [-0.25, -0.2) is 0 Å². The van der Waals surface area contributed by atoms with Crippen LogP contribution in [0.5, 0.6) is 23.0 Å². The molecule has 9 aromatic carbocycles. The summed E-state index contributed by atoms with van der Waals surface area (Å²) in [6.07, 6.45) is 25.2. The topological polar surface area (TPSA) is 36.9 Å². The van der Waals surface area contributed by atoms with E-state index < -0.39 is 0 Å². The molecule has 0 saturated heterocycles. The highest BCUT2D eigenvalue weighted by molar-refractivity contribution is 6.24. The summed E-state index contributed by atoms with van der Waals surface area (Å²) in [6.45, 7) is 2.54. The van der Waals surface area contributed by atoms with E-state index in [-0.39, 0.29) is 0 Å². The third-order valence-electron chi connectivity index (χ3n) is 13.5. The Labute approximate surface area is 378 Å². The Kier molecular flexibility index (Phi) is 13.3. The summed E-state index contributed by atoms with van der Waals surface area (Å²) in [6, 6.07) is 44.0. The Bertz CT molecular complexity index is 2630. The molecule has 0 fully saturated rings. The molecule has 64 heavy (non-hydrogen) atoms. The molecule has 326 valence electrons. The molecule has 4 nitrogen and oxygen atoms in total. The second-order valence-electron chi connectivity index (χ2n) is 18.3. The van der Waals surface area contributed by atoms with E-state index in [1.165, 1.54) is 155 Å². The summed E-state index contributed by atoms with van der Waals surface area (Å²) in [7, 11) is 0. The number of ether oxygens (including phenoxy) is 4. The van der Waals surface area contributed by atoms with Gasteiger partial charge in [-0.15, -0.1) is 0 Å². The zero-order valence-electron chi connectivity index (χ0n) is 37.5. The Hall–Kier alpha value is -6.00. The normalized spacial score (nSPS) is 16.6. The zero-order valence-corrected chi connectivity index (χ0v) is 37.5. The van der Waals surface area contributed by atoms with Crippen LogP contribution >= 0.6 is 0 Å². The summed E-state index contributed by atoms with van der Waals surface area (Å²) in [4.78, 5) is 0. The maximum Gasteiger partial charge on any atom is 0.121 e. The van der Waals surface area contributed by atoms with E-state index in [1.807, 2.05) is 0 Å². The average molecular weight is 847 g/mol. The maximum atomic E-state index is 6.42. The second-order valence-corrected chi connectivity index (χ2v) is 18.3. The second kappa shape index (κ2) is 20.2. The zero-order chi connectivity index (χ0) is 42.9. The Morgan fingerprint density at radius 1 is 0.250 bits per heavy atom. The maximum absolute atomic E-state index is 6.42. The molecule has 14 bridgehead atoms. The quantitative estimate of drug-likeness (QED) is 0.113. The first kappa shape index (κ1) is 42.0. The Balaban J connectivity index is 0.806. The van der Waals surface area contributed by atoms with Gasteiger partial charge in [-0.05, 0) is 163 Å². The molecule has 0 N–H and O–H groups in total. The van der Waals surface area contributed by atoms with Gasteiger partial charge in [-0.1, -0.05) is 149 Å². The molecule has 4 heteroatoms. The van der Waals surface area contributed by atoms with Gasteiger partial charge in [-0.3, -0.25) is 0 Å². The van der Waals surface area contributed by atoms with Crippen LogP contribution in [0.4, 0.5) is 0 Å². The highest BCUT2D eigenvalue weighted by atomic mass is 16.5. The fraction of sp³-hybridized carbons (Fsp3) is 0.333. The van der Waals surface area contributed by atoms with Gasteiger partial charge in [-0.2, -0.15) is 0 Å². The number of rotatable bonds is 0. The molecule has 4 heterocycles. The largest absolute Gasteiger partial charge is 0.494 e. The molecule has 0 unspecified atom stereocenters. The lowest BCUT2D eigenvalue weighted by molar-refractivity contribution is 0.303. The third-order valence-corrected chi connectivity index (χ3v) is 13.5. The van der Waals surface area contributed by atoms with Gasteiger partial charge < -0.3 is 18.9 Å². The molecule has 0 spiro atoms. The van der Waals surface area contributed by atoms with E-state index in [2.05, 4.69) is 133 Å². The number of fused-ring (bicyclic) bond motifs is 3. The predicted octanol–water partition coefficient (Wildman–Crippen LogP) is 17.2. The van der Waals surface area contributed by atoms with Gasteiger partial charge >= 0.3 is 0 Å². The molecular weight excluding hydrogens is 785 g/mol. The SMILES string of the molecule is C1=CCCCCCCCCCOc2cc3ccc4cc(cc5ccc(c2)c3c45)OCc2ccc(cc2)COc2cc3ccc4cc(cc5ccc(c2)c3c45)OCCCCCCCCC1. The monoisotopic (exact) mass is 846 g/mol. The molecule has 0 aliphatic carbocycles. The van der Waals surface area contributed by atoms with Crippen molar-refractivity contribution in [3.8, 4) is 23.0 Å². The van der Waals surface area contributed by atoms with Crippen LogP contribution in [0.25, 0.3) is 64.6 Å². The lowest BCUT2D eigenvalue weighted by atomic mass is 9.94. The summed E-state index contributed by atoms with van der Waals surface area (Å²) < 4.78 is 25.5. The minimum atomic E-state index is 0.497. The van der Waals surface area contributed by atoms with Crippen molar-refractivity contribution < 1.29 is 18.9 Å². The van der Waals surface area contributed by atoms with Crippen LogP contribution < -0.4 is 18.9 Å². The highest BCUT2D eigenvalue weighted by Gasteiger charge is 2.14. The van der Waals surface area contributed by atoms with E-state index in [1.54, 1.807) is 0 Å². The number of hydrogen-bond acceptors (Lipinski definition) is 4. The lowest BCUT2D eigenvalue weighted by Gasteiger charge is -2.15. The van der Waals surface area contributed by atoms with Crippen molar-refractivity contribution in [3.05, 3.63) is 145 Å². The van der Waals surface area contributed by atoms with Crippen LogP contribution in [-0.2, 0) is 13.2 Å². The molecule has 13 rings (SSSR count). The Morgan fingerprint density at radius 3 is 0.797 bits per heavy atom. The fourth-order valence-corrected chi connectivity index (χ4v) is 10.1. The van der Waals surface area contributed by atoms with E-state index in [4.69, 9.17) is 18.9 Å². The third kappa shape index (κ3) is 9.87. The van der Waals surface area contributed by atoms with E-state index >= 15 is 0 Å². The van der Waals surface area contributed by atoms with Gasteiger partial charge in [0.1, 0.15) is 36.2 Å². The summed E-state index contributed by atoms with van der Waals surface area (Å²) >= 11 is 0. The molecule has 0 radical (unpaired) electrons. The highest BCUT2D eigenvalue weighted by Crippen LogP contribution is 2.41. The minimum absolute atomic E-state index is 0.497. The summed E-state index contributed by atoms with van der Waals surface area (Å²) in [5.41, 5.74) is 2.25. The van der Waals surface area contributed by atoms with Crippen molar-refractivity contribution in [2.75, 3.05) is 13.2 Å². The molecular formula is C60H62O4. The van der Waals surface area contributed by atoms with Gasteiger partial charge in [0.05, 0.1) is 13.2 Å². The van der Waals surface area contributed by atoms with Crippen molar-refractivity contribution in [1.29, 1.82) is 0 Å². The first-order chi connectivity index (χ1) is 31.7. The molecule has 0 saturated carbocycles. The van der Waals surface area contributed by atoms with E-state index in [9.17, 15) is 0 Å². The van der Waals surface area contributed by atoms with Crippen LogP contribution in [0, 0.1) is 0 Å². The number of hydrogen-bond donors (Lipinski definition) is 0. The van der Waals surface area contributed by atoms with Gasteiger partial charge in [0.15, 0.2) is 0 Å². The first-order valence-corrected chi connectivity index (χ1v) is 24.4. The predicted molar refractivity (Wildman–Crippen MR) is 269 cm³/mol. The smallest absolute Gasteiger partial charge is 0.121 e. The van der Waals surface area contributed by atoms with Gasteiger partial charge in [0.25, 0.3) is 0 Å². The molecule has 0 aromatic heterocycles. The van der Waals surface area contributed by atoms with Crippen molar-refractivity contribution in [1.82, 2.24) is 0 Å². The lowest BCUT2D eigenvalue weighted by Crippen LogP contribution is -1.99. The van der Waals surface area contributed by atoms with E-state index in [0.717, 1.165) is 60.2 Å². The van der Waals surface area contributed by atoms with Crippen LogP contribution in [0.15, 0.2) is 133 Å². The van der Waals surface area contributed by atoms with Gasteiger partial charge in [0.2, 0.25) is 0 Å². The van der Waals surface area contributed by atoms with Crippen molar-refractivity contribution in [3.63, 3.8) is 0 Å². The molecule has 9 aromatic rings. The van der Waals surface area contributed by atoms with Gasteiger partial charge in [0, 0.05) is 0 Å². The van der Waals surface area contributed by atoms with Crippen LogP contribution in [-0.4, -0.2) is 13.2 Å². The van der Waals surface area contributed by atoms with Crippen molar-refractivity contribution in [2.24, 2.45) is 0 Å². The Morgan fingerprint density at radius 2 is 0.500 bits per heavy atom. The molecule has 4 aliphatic heterocycles. The standard InChI is InChI=1S/C60H62O4/c1-2-4-6-8-10-12-14-16-18-32-62-54-35-47-25-29-51-39-56(40-52-30-26-48(36-54)58(47)60(51)52)64-42-44-21-19-43(20-22-44)41-63-55-37-49-27-23-45-33-53(61-31-17-15-13-11-9-7-5-3-1)34-46-24-28-50(38-55)59(49)57(45)46/h1-2,19-30,33-40H,3-18,31-32,41-42H2. The number of allylic oxidation sites excluding steroid dienone is 2. The fourth-order valence-electron chi connectivity index (χ4n) is 10.1. The average Bonchev–Trinajstić information content (AvgIpc) is 3.32. The summed E-state index contributed by atoms with van der Waals surface area (Å²) in [5, 5.41) is 14.8. The summed E-state index contributed by atoms with van der Waals surface area (Å²) in [5.74, 6) is 3.69.